The lowest BCUT2D eigenvalue weighted by molar-refractivity contribution is -0.149. The van der Waals surface area contributed by atoms with Gasteiger partial charge in [-0.15, -0.1) is 0 Å². The normalized spacial score (nSPS) is 22.8. The molecule has 0 radical (unpaired) electrons. The second-order valence-electron chi connectivity index (χ2n) is 9.16. The standard InChI is InChI=1S/C20H24FN3O4/c1-19(2,3)9-14-15-12(8-13(11-4-5-11)22-16(15)28-23-14)17(25)24-7-6-20(21,10-24)18(26)27/h8,11H,4-7,9-10H2,1-3H3,(H,26,27). The van der Waals surface area contributed by atoms with Gasteiger partial charge in [-0.3, -0.25) is 4.79 Å². The first-order valence-electron chi connectivity index (χ1n) is 9.58. The molecular formula is C20H24FN3O4. The Balaban J connectivity index is 1.77. The second-order valence-corrected chi connectivity index (χ2v) is 9.16. The number of likely N-dealkylation sites (tertiary alicyclic amines) is 1. The van der Waals surface area contributed by atoms with Crippen LogP contribution in [0.25, 0.3) is 11.1 Å². The van der Waals surface area contributed by atoms with Crippen molar-refractivity contribution in [2.45, 2.75) is 58.0 Å². The Labute approximate surface area is 161 Å². The number of fused-ring (bicyclic) bond motifs is 1. The Morgan fingerprint density at radius 1 is 1.39 bits per heavy atom. The zero-order chi connectivity index (χ0) is 20.3. The van der Waals surface area contributed by atoms with E-state index in [9.17, 15) is 14.0 Å². The third kappa shape index (κ3) is 3.36. The van der Waals surface area contributed by atoms with Gasteiger partial charge in [0.15, 0.2) is 0 Å². The number of nitrogens with zero attached hydrogens (tertiary/aromatic N) is 3. The summed E-state index contributed by atoms with van der Waals surface area (Å²) in [7, 11) is 0. The van der Waals surface area contributed by atoms with Crippen LogP contribution < -0.4 is 0 Å². The van der Waals surface area contributed by atoms with Gasteiger partial charge in [0.2, 0.25) is 5.67 Å². The van der Waals surface area contributed by atoms with Gasteiger partial charge in [-0.05, 0) is 30.7 Å². The smallest absolute Gasteiger partial charge is 0.343 e. The summed E-state index contributed by atoms with van der Waals surface area (Å²) in [6, 6.07) is 1.75. The minimum Gasteiger partial charge on any atom is -0.479 e. The summed E-state index contributed by atoms with van der Waals surface area (Å²) < 4.78 is 19.9. The monoisotopic (exact) mass is 389 g/mol. The third-order valence-corrected chi connectivity index (χ3v) is 5.35. The molecule has 1 saturated heterocycles. The maximum absolute atomic E-state index is 14.5. The minimum atomic E-state index is -2.40. The molecule has 1 saturated carbocycles. The number of alkyl halides is 1. The predicted molar refractivity (Wildman–Crippen MR) is 98.9 cm³/mol. The highest BCUT2D eigenvalue weighted by Gasteiger charge is 2.47. The van der Waals surface area contributed by atoms with Crippen LogP contribution in [0.3, 0.4) is 0 Å². The largest absolute Gasteiger partial charge is 0.479 e. The van der Waals surface area contributed by atoms with Gasteiger partial charge in [-0.25, -0.2) is 14.2 Å². The molecule has 3 heterocycles. The topological polar surface area (TPSA) is 96.5 Å². The highest BCUT2D eigenvalue weighted by Crippen LogP contribution is 2.41. The SMILES string of the molecule is CC(C)(C)Cc1noc2nc(C3CC3)cc(C(=O)N3CCC(F)(C(=O)O)C3)c12. The van der Waals surface area contributed by atoms with Crippen molar-refractivity contribution >= 4 is 23.0 Å². The third-order valence-electron chi connectivity index (χ3n) is 5.35. The Morgan fingerprint density at radius 3 is 2.68 bits per heavy atom. The first-order valence-corrected chi connectivity index (χ1v) is 9.58. The van der Waals surface area contributed by atoms with Crippen molar-refractivity contribution < 1.29 is 23.6 Å². The highest BCUT2D eigenvalue weighted by atomic mass is 19.1. The van der Waals surface area contributed by atoms with Crippen molar-refractivity contribution in [1.82, 2.24) is 15.0 Å². The van der Waals surface area contributed by atoms with Crippen molar-refractivity contribution in [3.8, 4) is 0 Å². The molecule has 0 spiro atoms. The van der Waals surface area contributed by atoms with Crippen LogP contribution in [-0.4, -0.2) is 50.8 Å². The highest BCUT2D eigenvalue weighted by molar-refractivity contribution is 6.06. The van der Waals surface area contributed by atoms with Crippen molar-refractivity contribution in [3.05, 3.63) is 23.0 Å². The minimum absolute atomic E-state index is 0.0596. The van der Waals surface area contributed by atoms with Gasteiger partial charge in [0.1, 0.15) is 0 Å². The van der Waals surface area contributed by atoms with Crippen LogP contribution in [-0.2, 0) is 11.2 Å². The Kier molecular flexibility index (Phi) is 4.21. The molecule has 8 heteroatoms. The van der Waals surface area contributed by atoms with E-state index in [2.05, 4.69) is 30.9 Å². The van der Waals surface area contributed by atoms with Crippen LogP contribution in [0.15, 0.2) is 10.6 Å². The molecule has 2 aromatic rings. The average Bonchev–Trinajstić information content (AvgIpc) is 3.27. The van der Waals surface area contributed by atoms with Crippen LogP contribution in [0, 0.1) is 5.41 Å². The molecule has 7 nitrogen and oxygen atoms in total. The molecule has 150 valence electrons. The summed E-state index contributed by atoms with van der Waals surface area (Å²) in [6.45, 7) is 5.79. The zero-order valence-electron chi connectivity index (χ0n) is 16.3. The number of pyridine rings is 1. The molecule has 1 atom stereocenters. The number of rotatable bonds is 4. The summed E-state index contributed by atoms with van der Waals surface area (Å²) in [5.74, 6) is -1.63. The fourth-order valence-corrected chi connectivity index (χ4v) is 3.70. The molecule has 4 rings (SSSR count). The molecule has 2 fully saturated rings. The van der Waals surface area contributed by atoms with E-state index < -0.39 is 24.1 Å². The first kappa shape index (κ1) is 18.8. The lowest BCUT2D eigenvalue weighted by Crippen LogP contribution is -2.39. The van der Waals surface area contributed by atoms with Crippen LogP contribution >= 0.6 is 0 Å². The first-order chi connectivity index (χ1) is 13.1. The Bertz CT molecular complexity index is 960. The predicted octanol–water partition coefficient (Wildman–Crippen LogP) is 3.33. The zero-order valence-corrected chi connectivity index (χ0v) is 16.3. The summed E-state index contributed by atoms with van der Waals surface area (Å²) in [5, 5.41) is 13.8. The van der Waals surface area contributed by atoms with Crippen molar-refractivity contribution in [3.63, 3.8) is 0 Å². The van der Waals surface area contributed by atoms with E-state index in [0.717, 1.165) is 18.5 Å². The number of halogens is 1. The van der Waals surface area contributed by atoms with Crippen molar-refractivity contribution in [2.75, 3.05) is 13.1 Å². The molecule has 2 aromatic heterocycles. The van der Waals surface area contributed by atoms with Gasteiger partial charge in [-0.2, -0.15) is 0 Å². The van der Waals surface area contributed by atoms with E-state index in [1.54, 1.807) is 6.07 Å². The number of aliphatic carboxylic acids is 1. The Hall–Kier alpha value is -2.51. The van der Waals surface area contributed by atoms with E-state index in [1.807, 2.05) is 0 Å². The number of carbonyl (C=O) groups excluding carboxylic acids is 1. The lowest BCUT2D eigenvalue weighted by atomic mass is 9.89. The van der Waals surface area contributed by atoms with Crippen molar-refractivity contribution in [2.24, 2.45) is 5.41 Å². The van der Waals surface area contributed by atoms with E-state index >= 15 is 0 Å². The van der Waals surface area contributed by atoms with Crippen LogP contribution in [0.2, 0.25) is 0 Å². The van der Waals surface area contributed by atoms with Gasteiger partial charge in [0.25, 0.3) is 11.6 Å². The molecule has 28 heavy (non-hydrogen) atoms. The fourth-order valence-electron chi connectivity index (χ4n) is 3.70. The van der Waals surface area contributed by atoms with E-state index in [1.165, 1.54) is 4.90 Å². The number of carbonyl (C=O) groups is 2. The summed E-state index contributed by atoms with van der Waals surface area (Å²) >= 11 is 0. The molecule has 2 aliphatic rings. The number of aromatic nitrogens is 2. The summed E-state index contributed by atoms with van der Waals surface area (Å²) in [6.07, 6.45) is 2.39. The number of carboxylic acids is 1. The van der Waals surface area contributed by atoms with E-state index in [-0.39, 0.29) is 18.4 Å². The van der Waals surface area contributed by atoms with Crippen LogP contribution in [0.5, 0.6) is 0 Å². The van der Waals surface area contributed by atoms with Gasteiger partial charge < -0.3 is 14.5 Å². The van der Waals surface area contributed by atoms with E-state index in [4.69, 9.17) is 9.63 Å². The molecule has 1 amide bonds. The molecular weight excluding hydrogens is 365 g/mol. The van der Waals surface area contributed by atoms with Gasteiger partial charge in [-0.1, -0.05) is 25.9 Å². The fraction of sp³-hybridized carbons (Fsp3) is 0.600. The average molecular weight is 389 g/mol. The lowest BCUT2D eigenvalue weighted by Gasteiger charge is -2.19. The number of hydrogen-bond donors (Lipinski definition) is 1. The van der Waals surface area contributed by atoms with Gasteiger partial charge in [0.05, 0.1) is 23.2 Å². The number of amides is 1. The maximum Gasteiger partial charge on any atom is 0.343 e. The number of carboxylic acid groups (broad SMARTS) is 1. The summed E-state index contributed by atoms with van der Waals surface area (Å²) in [5.41, 5.74) is -0.366. The van der Waals surface area contributed by atoms with E-state index in [0.29, 0.717) is 34.7 Å². The van der Waals surface area contributed by atoms with Gasteiger partial charge >= 0.3 is 5.97 Å². The summed E-state index contributed by atoms with van der Waals surface area (Å²) in [4.78, 5) is 30.3. The van der Waals surface area contributed by atoms with Crippen molar-refractivity contribution in [1.29, 1.82) is 0 Å². The molecule has 0 bridgehead atoms. The molecule has 1 N–H and O–H groups in total. The van der Waals surface area contributed by atoms with Crippen LogP contribution in [0.4, 0.5) is 4.39 Å². The maximum atomic E-state index is 14.5. The van der Waals surface area contributed by atoms with Gasteiger partial charge in [0, 0.05) is 24.6 Å². The molecule has 1 aliphatic heterocycles. The molecule has 1 aliphatic carbocycles. The molecule has 0 aromatic carbocycles. The quantitative estimate of drug-likeness (QED) is 0.862. The number of hydrogen-bond acceptors (Lipinski definition) is 5. The molecule has 1 unspecified atom stereocenters. The Morgan fingerprint density at radius 2 is 2.11 bits per heavy atom. The second kappa shape index (κ2) is 6.25. The van der Waals surface area contributed by atoms with Crippen LogP contribution in [0.1, 0.15) is 67.7 Å².